The molecular weight excluding hydrogens is 299 g/mol. The zero-order chi connectivity index (χ0) is 12.8. The molecule has 0 aliphatic rings. The molecule has 0 aromatic heterocycles. The van der Waals surface area contributed by atoms with E-state index in [0.29, 0.717) is 0 Å². The van der Waals surface area contributed by atoms with Crippen molar-refractivity contribution in [3.63, 3.8) is 0 Å². The summed E-state index contributed by atoms with van der Waals surface area (Å²) in [4.78, 5) is 0. The molecule has 0 aromatic carbocycles. The summed E-state index contributed by atoms with van der Waals surface area (Å²) in [5, 5.41) is 9.30. The molecule has 0 radical (unpaired) electrons. The van der Waals surface area contributed by atoms with Gasteiger partial charge in [-0.15, -0.1) is 23.2 Å². The van der Waals surface area contributed by atoms with Crippen LogP contribution in [0.15, 0.2) is 0 Å². The van der Waals surface area contributed by atoms with E-state index < -0.39 is 30.9 Å². The second-order valence-electron chi connectivity index (χ2n) is 3.14. The van der Waals surface area contributed by atoms with E-state index in [2.05, 4.69) is 0 Å². The average molecular weight is 313 g/mol. The lowest BCUT2D eigenvalue weighted by Crippen LogP contribution is -2.27. The Labute approximate surface area is 106 Å². The number of aliphatic hydroxyl groups excluding tert-OH is 1. The second-order valence-corrected chi connectivity index (χ2v) is 8.48. The van der Waals surface area contributed by atoms with Gasteiger partial charge in [0.1, 0.15) is 0 Å². The van der Waals surface area contributed by atoms with Gasteiger partial charge in [-0.05, 0) is 0 Å². The molecule has 0 amide bonds. The van der Waals surface area contributed by atoms with Crippen LogP contribution in [-0.2, 0) is 19.7 Å². The first kappa shape index (κ1) is 16.4. The van der Waals surface area contributed by atoms with Gasteiger partial charge in [0.15, 0.2) is 25.1 Å². The predicted octanol–water partition coefficient (Wildman–Crippen LogP) is 0.00210. The molecule has 16 heavy (non-hydrogen) atoms. The highest BCUT2D eigenvalue weighted by Crippen LogP contribution is 2.07. The van der Waals surface area contributed by atoms with Gasteiger partial charge >= 0.3 is 0 Å². The lowest BCUT2D eigenvalue weighted by atomic mass is 10.5. The smallest absolute Gasteiger partial charge is 0.178 e. The van der Waals surface area contributed by atoms with Crippen LogP contribution in [0.2, 0.25) is 0 Å². The molecule has 9 heteroatoms. The lowest BCUT2D eigenvalue weighted by molar-refractivity contribution is 0.245. The van der Waals surface area contributed by atoms with Gasteiger partial charge in [-0.1, -0.05) is 0 Å². The predicted molar refractivity (Wildman–Crippen MR) is 64.5 cm³/mol. The van der Waals surface area contributed by atoms with E-state index in [1.807, 2.05) is 0 Å². The first-order chi connectivity index (χ1) is 7.25. The average Bonchev–Trinajstić information content (AvgIpc) is 2.14. The second kappa shape index (κ2) is 7.00. The van der Waals surface area contributed by atoms with E-state index in [9.17, 15) is 21.9 Å². The Morgan fingerprint density at radius 2 is 1.44 bits per heavy atom. The lowest BCUT2D eigenvalue weighted by Gasteiger charge is -2.10. The van der Waals surface area contributed by atoms with Gasteiger partial charge in [0.25, 0.3) is 0 Å². The summed E-state index contributed by atoms with van der Waals surface area (Å²) in [6.07, 6.45) is -0.349. The number of rotatable bonds is 8. The Bertz CT molecular complexity index is 389. The fraction of sp³-hybridized carbons (Fsp3) is 1.00. The van der Waals surface area contributed by atoms with Crippen molar-refractivity contribution in [2.24, 2.45) is 0 Å². The third-order valence-electron chi connectivity index (χ3n) is 1.84. The molecule has 0 spiro atoms. The maximum absolute atomic E-state index is 11.2. The Morgan fingerprint density at radius 3 is 1.88 bits per heavy atom. The SMILES string of the molecule is O=S(=O)(CCCl)CCC(O)S(=O)(=O)CCCl. The largest absolute Gasteiger partial charge is 0.377 e. The first-order valence-corrected chi connectivity index (χ1v) is 9.08. The third-order valence-corrected chi connectivity index (χ3v) is 6.19. The highest BCUT2D eigenvalue weighted by atomic mass is 35.5. The van der Waals surface area contributed by atoms with Crippen LogP contribution in [0.25, 0.3) is 0 Å². The van der Waals surface area contributed by atoms with Gasteiger partial charge in [0.2, 0.25) is 0 Å². The molecule has 0 aliphatic carbocycles. The topological polar surface area (TPSA) is 88.5 Å². The fourth-order valence-corrected chi connectivity index (χ4v) is 4.41. The minimum atomic E-state index is -3.72. The summed E-state index contributed by atoms with van der Waals surface area (Å²) in [6, 6.07) is 0. The van der Waals surface area contributed by atoms with Crippen LogP contribution in [0.4, 0.5) is 0 Å². The monoisotopic (exact) mass is 312 g/mol. The van der Waals surface area contributed by atoms with Crippen LogP contribution in [0.3, 0.4) is 0 Å². The molecule has 5 nitrogen and oxygen atoms in total. The molecule has 0 rings (SSSR count). The van der Waals surface area contributed by atoms with E-state index in [1.165, 1.54) is 0 Å². The third kappa shape index (κ3) is 6.24. The minimum Gasteiger partial charge on any atom is -0.377 e. The van der Waals surface area contributed by atoms with Gasteiger partial charge in [-0.25, -0.2) is 16.8 Å². The molecule has 0 fully saturated rings. The summed E-state index contributed by atoms with van der Waals surface area (Å²) in [5.74, 6) is -1.18. The number of aliphatic hydroxyl groups is 1. The number of sulfone groups is 2. The van der Waals surface area contributed by atoms with Gasteiger partial charge in [-0.2, -0.15) is 0 Å². The molecule has 0 aliphatic heterocycles. The van der Waals surface area contributed by atoms with Crippen LogP contribution in [0, 0.1) is 0 Å². The zero-order valence-corrected chi connectivity index (χ0v) is 11.6. The Kier molecular flexibility index (Phi) is 7.20. The quantitative estimate of drug-likeness (QED) is 0.637. The highest BCUT2D eigenvalue weighted by molar-refractivity contribution is 7.92. The summed E-state index contributed by atoms with van der Waals surface area (Å²) in [6.45, 7) is 0. The molecule has 0 heterocycles. The molecule has 0 saturated carbocycles. The molecular formula is C7H14Cl2O5S2. The van der Waals surface area contributed by atoms with Gasteiger partial charge in [0, 0.05) is 18.2 Å². The van der Waals surface area contributed by atoms with E-state index >= 15 is 0 Å². The Balaban J connectivity index is 4.33. The fourth-order valence-electron chi connectivity index (χ4n) is 0.923. The molecule has 0 saturated heterocycles. The first-order valence-electron chi connectivity index (χ1n) is 4.47. The normalized spacial score (nSPS) is 14.9. The number of hydrogen-bond acceptors (Lipinski definition) is 5. The number of halogens is 2. The molecule has 1 N–H and O–H groups in total. The maximum atomic E-state index is 11.2. The summed E-state index contributed by atoms with van der Waals surface area (Å²) in [7, 11) is -7.11. The molecule has 98 valence electrons. The van der Waals surface area contributed by atoms with Gasteiger partial charge in [-0.3, -0.25) is 0 Å². The Morgan fingerprint density at radius 1 is 0.938 bits per heavy atom. The van der Waals surface area contributed by atoms with Crippen molar-refractivity contribution >= 4 is 42.9 Å². The highest BCUT2D eigenvalue weighted by Gasteiger charge is 2.24. The summed E-state index contributed by atoms with van der Waals surface area (Å²) in [5.41, 5.74) is -1.68. The van der Waals surface area contributed by atoms with Gasteiger partial charge in [0.05, 0.1) is 17.3 Å². The van der Waals surface area contributed by atoms with Crippen LogP contribution in [0.5, 0.6) is 0 Å². The molecule has 0 aromatic rings. The van der Waals surface area contributed by atoms with Crippen molar-refractivity contribution in [3.05, 3.63) is 0 Å². The van der Waals surface area contributed by atoms with Crippen molar-refractivity contribution in [3.8, 4) is 0 Å². The van der Waals surface area contributed by atoms with Crippen LogP contribution >= 0.6 is 23.2 Å². The van der Waals surface area contributed by atoms with E-state index in [0.717, 1.165) is 0 Å². The maximum Gasteiger partial charge on any atom is 0.178 e. The zero-order valence-electron chi connectivity index (χ0n) is 8.47. The van der Waals surface area contributed by atoms with Crippen molar-refractivity contribution in [2.45, 2.75) is 11.9 Å². The van der Waals surface area contributed by atoms with Gasteiger partial charge < -0.3 is 5.11 Å². The van der Waals surface area contributed by atoms with E-state index in [-0.39, 0.29) is 29.7 Å². The van der Waals surface area contributed by atoms with Crippen molar-refractivity contribution < 1.29 is 21.9 Å². The van der Waals surface area contributed by atoms with Crippen LogP contribution in [0.1, 0.15) is 6.42 Å². The van der Waals surface area contributed by atoms with Crippen molar-refractivity contribution in [2.75, 3.05) is 29.0 Å². The van der Waals surface area contributed by atoms with Crippen LogP contribution < -0.4 is 0 Å². The summed E-state index contributed by atoms with van der Waals surface area (Å²) < 4.78 is 44.9. The van der Waals surface area contributed by atoms with E-state index in [1.54, 1.807) is 0 Å². The molecule has 0 bridgehead atoms. The van der Waals surface area contributed by atoms with E-state index in [4.69, 9.17) is 23.2 Å². The van der Waals surface area contributed by atoms with Crippen molar-refractivity contribution in [1.29, 1.82) is 0 Å². The molecule has 1 atom stereocenters. The summed E-state index contributed by atoms with van der Waals surface area (Å²) >= 11 is 10.5. The number of alkyl halides is 2. The standard InChI is InChI=1S/C7H14Cl2O5S2/c8-2-5-15(11,12)4-1-7(10)16(13,14)6-3-9/h7,10H,1-6H2. The number of hydrogen-bond donors (Lipinski definition) is 1. The van der Waals surface area contributed by atoms with Crippen molar-refractivity contribution in [1.82, 2.24) is 0 Å². The Hall–Kier alpha value is 0.440. The van der Waals surface area contributed by atoms with Crippen LogP contribution in [-0.4, -0.2) is 56.4 Å². The minimum absolute atomic E-state index is 0.0488. The molecule has 1 unspecified atom stereocenters.